The molecular weight excluding hydrogens is 260 g/mol. The van der Waals surface area contributed by atoms with E-state index in [0.29, 0.717) is 6.54 Å². The van der Waals surface area contributed by atoms with Gasteiger partial charge in [-0.1, -0.05) is 25.7 Å². The van der Waals surface area contributed by atoms with E-state index in [0.717, 1.165) is 31.8 Å². The standard InChI is InChI=1S/C14H30N2O2S/c1-13(2)19(17,18)16-12-8-4-7-11-15-14-9-5-3-6-10-14/h13-16H,3-12H2,1-2H3. The first-order chi connectivity index (χ1) is 9.02. The molecule has 0 atom stereocenters. The quantitative estimate of drug-likeness (QED) is 0.641. The molecule has 0 aromatic rings. The molecule has 0 saturated heterocycles. The summed E-state index contributed by atoms with van der Waals surface area (Å²) in [7, 11) is -3.07. The van der Waals surface area contributed by atoms with Crippen molar-refractivity contribution < 1.29 is 8.42 Å². The van der Waals surface area contributed by atoms with Crippen molar-refractivity contribution >= 4 is 10.0 Å². The van der Waals surface area contributed by atoms with Crippen LogP contribution in [0, 0.1) is 0 Å². The van der Waals surface area contributed by atoms with Crippen molar-refractivity contribution in [3.63, 3.8) is 0 Å². The minimum Gasteiger partial charge on any atom is -0.314 e. The lowest BCUT2D eigenvalue weighted by atomic mass is 9.95. The average molecular weight is 290 g/mol. The molecule has 0 aromatic heterocycles. The fourth-order valence-corrected chi connectivity index (χ4v) is 3.18. The first-order valence-corrected chi connectivity index (χ1v) is 9.29. The fraction of sp³-hybridized carbons (Fsp3) is 1.00. The van der Waals surface area contributed by atoms with E-state index in [-0.39, 0.29) is 5.25 Å². The predicted octanol–water partition coefficient (Wildman–Crippen LogP) is 2.41. The lowest BCUT2D eigenvalue weighted by molar-refractivity contribution is 0.370. The van der Waals surface area contributed by atoms with Crippen molar-refractivity contribution in [2.24, 2.45) is 0 Å². The maximum Gasteiger partial charge on any atom is 0.213 e. The van der Waals surface area contributed by atoms with E-state index < -0.39 is 10.0 Å². The van der Waals surface area contributed by atoms with Crippen LogP contribution in [0.1, 0.15) is 65.2 Å². The molecule has 0 heterocycles. The third-order valence-electron chi connectivity index (χ3n) is 3.82. The smallest absolute Gasteiger partial charge is 0.213 e. The van der Waals surface area contributed by atoms with Gasteiger partial charge in [0.15, 0.2) is 0 Å². The zero-order valence-electron chi connectivity index (χ0n) is 12.5. The van der Waals surface area contributed by atoms with Gasteiger partial charge >= 0.3 is 0 Å². The Labute approximate surface area is 118 Å². The normalized spacial score (nSPS) is 18.1. The van der Waals surface area contributed by atoms with Gasteiger partial charge in [-0.2, -0.15) is 0 Å². The maximum atomic E-state index is 11.5. The van der Waals surface area contributed by atoms with Crippen LogP contribution < -0.4 is 10.0 Å². The van der Waals surface area contributed by atoms with Gasteiger partial charge in [-0.05, 0) is 46.1 Å². The lowest BCUT2D eigenvalue weighted by Crippen LogP contribution is -2.32. The zero-order valence-corrected chi connectivity index (χ0v) is 13.3. The summed E-state index contributed by atoms with van der Waals surface area (Å²) in [5.74, 6) is 0. The summed E-state index contributed by atoms with van der Waals surface area (Å²) in [6, 6.07) is 0.730. The van der Waals surface area contributed by atoms with Gasteiger partial charge in [-0.15, -0.1) is 0 Å². The first kappa shape index (κ1) is 16.9. The maximum absolute atomic E-state index is 11.5. The second kappa shape index (κ2) is 8.93. The van der Waals surface area contributed by atoms with Gasteiger partial charge in [0.1, 0.15) is 0 Å². The molecule has 1 saturated carbocycles. The monoisotopic (exact) mass is 290 g/mol. The Morgan fingerprint density at radius 3 is 2.26 bits per heavy atom. The number of rotatable bonds is 9. The Morgan fingerprint density at radius 2 is 1.63 bits per heavy atom. The van der Waals surface area contributed by atoms with Crippen molar-refractivity contribution in [3.05, 3.63) is 0 Å². The fourth-order valence-electron chi connectivity index (χ4n) is 2.42. The van der Waals surface area contributed by atoms with Crippen molar-refractivity contribution in [3.8, 4) is 0 Å². The van der Waals surface area contributed by atoms with Crippen LogP contribution in [-0.4, -0.2) is 32.8 Å². The molecule has 0 bridgehead atoms. The highest BCUT2D eigenvalue weighted by molar-refractivity contribution is 7.90. The van der Waals surface area contributed by atoms with Crippen LogP contribution in [0.4, 0.5) is 0 Å². The highest BCUT2D eigenvalue weighted by Gasteiger charge is 2.14. The highest BCUT2D eigenvalue weighted by Crippen LogP contribution is 2.17. The Hall–Kier alpha value is -0.130. The molecule has 19 heavy (non-hydrogen) atoms. The van der Waals surface area contributed by atoms with Gasteiger partial charge in [0.2, 0.25) is 10.0 Å². The predicted molar refractivity (Wildman–Crippen MR) is 80.8 cm³/mol. The molecule has 0 aromatic carbocycles. The molecule has 1 rings (SSSR count). The summed E-state index contributed by atoms with van der Waals surface area (Å²) in [5.41, 5.74) is 0. The van der Waals surface area contributed by atoms with Crippen molar-refractivity contribution in [1.29, 1.82) is 0 Å². The number of hydrogen-bond acceptors (Lipinski definition) is 3. The summed E-state index contributed by atoms with van der Waals surface area (Å²) in [6.45, 7) is 5.05. The Morgan fingerprint density at radius 1 is 1.00 bits per heavy atom. The van der Waals surface area contributed by atoms with Gasteiger partial charge in [0, 0.05) is 12.6 Å². The second-order valence-electron chi connectivity index (χ2n) is 5.84. The lowest BCUT2D eigenvalue weighted by Gasteiger charge is -2.22. The van der Waals surface area contributed by atoms with Crippen LogP contribution in [0.25, 0.3) is 0 Å². The first-order valence-electron chi connectivity index (χ1n) is 7.74. The molecular formula is C14H30N2O2S. The van der Waals surface area contributed by atoms with Crippen molar-refractivity contribution in [1.82, 2.24) is 10.0 Å². The van der Waals surface area contributed by atoms with Crippen LogP contribution in [-0.2, 0) is 10.0 Å². The molecule has 5 heteroatoms. The number of hydrogen-bond donors (Lipinski definition) is 2. The van der Waals surface area contributed by atoms with Crippen molar-refractivity contribution in [2.45, 2.75) is 76.5 Å². The molecule has 0 amide bonds. The van der Waals surface area contributed by atoms with E-state index in [1.165, 1.54) is 32.1 Å². The summed E-state index contributed by atoms with van der Waals surface area (Å²) in [4.78, 5) is 0. The number of unbranched alkanes of at least 4 members (excludes halogenated alkanes) is 2. The largest absolute Gasteiger partial charge is 0.314 e. The van der Waals surface area contributed by atoms with E-state index in [4.69, 9.17) is 0 Å². The van der Waals surface area contributed by atoms with E-state index in [1.807, 2.05) is 0 Å². The van der Waals surface area contributed by atoms with E-state index in [1.54, 1.807) is 13.8 Å². The van der Waals surface area contributed by atoms with E-state index in [9.17, 15) is 8.42 Å². The molecule has 1 aliphatic rings. The second-order valence-corrected chi connectivity index (χ2v) is 8.16. The third-order valence-corrected chi connectivity index (χ3v) is 5.66. The minimum atomic E-state index is -3.07. The van der Waals surface area contributed by atoms with Gasteiger partial charge in [0.25, 0.3) is 0 Å². The number of nitrogens with one attached hydrogen (secondary N) is 2. The molecule has 2 N–H and O–H groups in total. The van der Waals surface area contributed by atoms with Gasteiger partial charge in [-0.3, -0.25) is 0 Å². The third kappa shape index (κ3) is 7.28. The Bertz CT molecular complexity index is 322. The Balaban J connectivity index is 1.94. The van der Waals surface area contributed by atoms with Gasteiger partial charge in [-0.25, -0.2) is 13.1 Å². The molecule has 0 unspecified atom stereocenters. The summed E-state index contributed by atoms with van der Waals surface area (Å²) < 4.78 is 25.7. The minimum absolute atomic E-state index is 0.333. The zero-order chi connectivity index (χ0) is 14.1. The van der Waals surface area contributed by atoms with Crippen LogP contribution in [0.2, 0.25) is 0 Å². The highest BCUT2D eigenvalue weighted by atomic mass is 32.2. The molecule has 1 aliphatic carbocycles. The molecule has 0 aliphatic heterocycles. The van der Waals surface area contributed by atoms with Crippen molar-refractivity contribution in [2.75, 3.05) is 13.1 Å². The summed E-state index contributed by atoms with van der Waals surface area (Å²) >= 11 is 0. The van der Waals surface area contributed by atoms with Gasteiger partial charge in [0.05, 0.1) is 5.25 Å². The summed E-state index contributed by atoms with van der Waals surface area (Å²) in [6.07, 6.45) is 9.94. The SMILES string of the molecule is CC(C)S(=O)(=O)NCCCCCNC1CCCCC1. The molecule has 0 spiro atoms. The van der Waals surface area contributed by atoms with Crippen LogP contribution >= 0.6 is 0 Å². The average Bonchev–Trinajstić information content (AvgIpc) is 2.38. The summed E-state index contributed by atoms with van der Waals surface area (Å²) in [5, 5.41) is 3.28. The van der Waals surface area contributed by atoms with Gasteiger partial charge < -0.3 is 5.32 Å². The van der Waals surface area contributed by atoms with Crippen LogP contribution in [0.15, 0.2) is 0 Å². The van der Waals surface area contributed by atoms with E-state index in [2.05, 4.69) is 10.0 Å². The van der Waals surface area contributed by atoms with E-state index >= 15 is 0 Å². The molecule has 1 fully saturated rings. The molecule has 0 radical (unpaired) electrons. The van der Waals surface area contributed by atoms with Crippen LogP contribution in [0.5, 0.6) is 0 Å². The topological polar surface area (TPSA) is 58.2 Å². The molecule has 4 nitrogen and oxygen atoms in total. The molecule has 114 valence electrons. The Kier molecular flexibility index (Phi) is 7.95. The van der Waals surface area contributed by atoms with Crippen LogP contribution in [0.3, 0.4) is 0 Å². The number of sulfonamides is 1.